The zero-order valence-corrected chi connectivity index (χ0v) is 29.6. The molecule has 53 heavy (non-hydrogen) atoms. The Hall–Kier alpha value is -6.71. The molecule has 3 heteroatoms. The van der Waals surface area contributed by atoms with Gasteiger partial charge in [0, 0.05) is 33.9 Å². The van der Waals surface area contributed by atoms with Gasteiger partial charge in [0.1, 0.15) is 0 Å². The SMILES string of the molecule is CC1(C)c2cc3ccccc3cc2-c2c(-c3cc(-c4ccc(-c5cccc(-c6ccccn6)c5)c5ccccc45)nc(-c4ccccc4)n3)cccc21. The highest BCUT2D eigenvalue weighted by molar-refractivity contribution is 6.05. The number of nitrogens with zero attached hydrogens (tertiary/aromatic N) is 3. The van der Waals surface area contributed by atoms with Crippen molar-refractivity contribution >= 4 is 21.5 Å². The molecule has 1 aliphatic rings. The van der Waals surface area contributed by atoms with Gasteiger partial charge in [-0.2, -0.15) is 0 Å². The average Bonchev–Trinajstić information content (AvgIpc) is 3.45. The topological polar surface area (TPSA) is 38.7 Å². The third kappa shape index (κ3) is 5.16. The summed E-state index contributed by atoms with van der Waals surface area (Å²) in [6.07, 6.45) is 1.84. The summed E-state index contributed by atoms with van der Waals surface area (Å²) in [5, 5.41) is 4.83. The van der Waals surface area contributed by atoms with Gasteiger partial charge in [0.15, 0.2) is 5.82 Å². The first kappa shape index (κ1) is 31.1. The molecule has 0 radical (unpaired) electrons. The first-order valence-electron chi connectivity index (χ1n) is 18.2. The molecule has 3 nitrogen and oxygen atoms in total. The van der Waals surface area contributed by atoms with Crippen LogP contribution >= 0.6 is 0 Å². The summed E-state index contributed by atoms with van der Waals surface area (Å²) in [5.74, 6) is 0.711. The van der Waals surface area contributed by atoms with E-state index < -0.39 is 0 Å². The van der Waals surface area contributed by atoms with Crippen molar-refractivity contribution in [2.24, 2.45) is 0 Å². The Morgan fingerprint density at radius 2 is 1.04 bits per heavy atom. The zero-order chi connectivity index (χ0) is 35.5. The number of benzene rings is 7. The maximum Gasteiger partial charge on any atom is 0.160 e. The number of fused-ring (bicyclic) bond motifs is 5. The summed E-state index contributed by atoms with van der Waals surface area (Å²) >= 11 is 0. The quantitative estimate of drug-likeness (QED) is 0.182. The number of rotatable bonds is 5. The third-order valence-corrected chi connectivity index (χ3v) is 10.9. The lowest BCUT2D eigenvalue weighted by Crippen LogP contribution is -2.14. The molecule has 0 saturated carbocycles. The van der Waals surface area contributed by atoms with E-state index in [-0.39, 0.29) is 5.41 Å². The molecule has 2 heterocycles. The number of hydrogen-bond donors (Lipinski definition) is 0. The molecule has 0 aliphatic heterocycles. The van der Waals surface area contributed by atoms with Crippen molar-refractivity contribution in [2.75, 3.05) is 0 Å². The summed E-state index contributed by atoms with van der Waals surface area (Å²) in [6, 6.07) is 60.5. The molecule has 1 aliphatic carbocycles. The number of pyridine rings is 1. The van der Waals surface area contributed by atoms with E-state index in [9.17, 15) is 0 Å². The minimum atomic E-state index is -0.150. The van der Waals surface area contributed by atoms with Gasteiger partial charge in [-0.3, -0.25) is 4.98 Å². The molecule has 0 spiro atoms. The summed E-state index contributed by atoms with van der Waals surface area (Å²) in [7, 11) is 0. The van der Waals surface area contributed by atoms with E-state index in [0.717, 1.165) is 50.3 Å². The lowest BCUT2D eigenvalue weighted by atomic mass is 9.81. The molecule has 250 valence electrons. The molecular weight excluding hydrogens is 643 g/mol. The fraction of sp³-hybridized carbons (Fsp3) is 0.0600. The molecule has 0 N–H and O–H groups in total. The van der Waals surface area contributed by atoms with E-state index in [2.05, 4.69) is 170 Å². The number of hydrogen-bond acceptors (Lipinski definition) is 3. The van der Waals surface area contributed by atoms with Crippen LogP contribution in [-0.4, -0.2) is 15.0 Å². The van der Waals surface area contributed by atoms with E-state index in [1.807, 2.05) is 24.4 Å². The molecule has 0 unspecified atom stereocenters. The van der Waals surface area contributed by atoms with Gasteiger partial charge < -0.3 is 0 Å². The molecule has 7 aromatic carbocycles. The molecule has 10 rings (SSSR count). The molecule has 2 aromatic heterocycles. The van der Waals surface area contributed by atoms with Gasteiger partial charge in [-0.25, -0.2) is 9.97 Å². The minimum absolute atomic E-state index is 0.150. The van der Waals surface area contributed by atoms with Gasteiger partial charge in [0.25, 0.3) is 0 Å². The highest BCUT2D eigenvalue weighted by Gasteiger charge is 2.37. The van der Waals surface area contributed by atoms with Gasteiger partial charge in [0.2, 0.25) is 0 Å². The average molecular weight is 678 g/mol. The van der Waals surface area contributed by atoms with E-state index >= 15 is 0 Å². The second-order valence-corrected chi connectivity index (χ2v) is 14.4. The third-order valence-electron chi connectivity index (χ3n) is 10.9. The van der Waals surface area contributed by atoms with E-state index in [1.54, 1.807) is 0 Å². The van der Waals surface area contributed by atoms with Gasteiger partial charge in [0.05, 0.1) is 17.1 Å². The molecule has 9 aromatic rings. The van der Waals surface area contributed by atoms with Crippen molar-refractivity contribution in [3.63, 3.8) is 0 Å². The largest absolute Gasteiger partial charge is 0.256 e. The van der Waals surface area contributed by atoms with E-state index in [0.29, 0.717) is 5.82 Å². The van der Waals surface area contributed by atoms with Crippen LogP contribution in [0.5, 0.6) is 0 Å². The Bertz CT molecular complexity index is 2860. The lowest BCUT2D eigenvalue weighted by Gasteiger charge is -2.22. The highest BCUT2D eigenvalue weighted by atomic mass is 14.9. The Kier molecular flexibility index (Phi) is 7.16. The first-order valence-corrected chi connectivity index (χ1v) is 18.2. The van der Waals surface area contributed by atoms with Crippen LogP contribution in [0.4, 0.5) is 0 Å². The van der Waals surface area contributed by atoms with Crippen molar-refractivity contribution in [1.82, 2.24) is 15.0 Å². The maximum atomic E-state index is 5.33. The summed E-state index contributed by atoms with van der Waals surface area (Å²) < 4.78 is 0. The highest BCUT2D eigenvalue weighted by Crippen LogP contribution is 2.53. The van der Waals surface area contributed by atoms with Gasteiger partial charge in [-0.15, -0.1) is 0 Å². The minimum Gasteiger partial charge on any atom is -0.256 e. The van der Waals surface area contributed by atoms with Gasteiger partial charge >= 0.3 is 0 Å². The normalized spacial score (nSPS) is 12.9. The van der Waals surface area contributed by atoms with Crippen molar-refractivity contribution in [3.8, 4) is 67.4 Å². The van der Waals surface area contributed by atoms with Crippen molar-refractivity contribution in [3.05, 3.63) is 187 Å². The fourth-order valence-electron chi connectivity index (χ4n) is 8.28. The molecule has 0 saturated heterocycles. The molecule has 0 bridgehead atoms. The maximum absolute atomic E-state index is 5.33. The van der Waals surface area contributed by atoms with Gasteiger partial charge in [-0.05, 0) is 91.3 Å². The molecule has 0 atom stereocenters. The predicted molar refractivity (Wildman–Crippen MR) is 220 cm³/mol. The Labute approximate surface area is 309 Å². The molecule has 0 fully saturated rings. The Balaban J connectivity index is 1.18. The Morgan fingerprint density at radius 3 is 1.83 bits per heavy atom. The van der Waals surface area contributed by atoms with Crippen LogP contribution in [0.25, 0.3) is 89.0 Å². The molecule has 0 amide bonds. The van der Waals surface area contributed by atoms with Crippen LogP contribution in [-0.2, 0) is 5.41 Å². The van der Waals surface area contributed by atoms with Crippen molar-refractivity contribution < 1.29 is 0 Å². The summed E-state index contributed by atoms with van der Waals surface area (Å²) in [4.78, 5) is 15.2. The van der Waals surface area contributed by atoms with Crippen LogP contribution in [0.2, 0.25) is 0 Å². The summed E-state index contributed by atoms with van der Waals surface area (Å²) in [5.41, 5.74) is 14.4. The van der Waals surface area contributed by atoms with Crippen LogP contribution in [0.1, 0.15) is 25.0 Å². The van der Waals surface area contributed by atoms with E-state index in [1.165, 1.54) is 44.0 Å². The second-order valence-electron chi connectivity index (χ2n) is 14.4. The second kappa shape index (κ2) is 12.2. The monoisotopic (exact) mass is 677 g/mol. The van der Waals surface area contributed by atoms with Crippen LogP contribution in [0.15, 0.2) is 176 Å². The van der Waals surface area contributed by atoms with Crippen LogP contribution in [0, 0.1) is 0 Å². The molecular formula is C50H35N3. The Morgan fingerprint density at radius 1 is 0.396 bits per heavy atom. The van der Waals surface area contributed by atoms with Crippen molar-refractivity contribution in [2.45, 2.75) is 19.3 Å². The smallest absolute Gasteiger partial charge is 0.160 e. The van der Waals surface area contributed by atoms with Gasteiger partial charge in [-0.1, -0.05) is 147 Å². The lowest BCUT2D eigenvalue weighted by molar-refractivity contribution is 0.661. The van der Waals surface area contributed by atoms with Crippen LogP contribution in [0.3, 0.4) is 0 Å². The number of aromatic nitrogens is 3. The van der Waals surface area contributed by atoms with Crippen LogP contribution < -0.4 is 0 Å². The van der Waals surface area contributed by atoms with Crippen molar-refractivity contribution in [1.29, 1.82) is 0 Å². The zero-order valence-electron chi connectivity index (χ0n) is 29.6. The van der Waals surface area contributed by atoms with E-state index in [4.69, 9.17) is 9.97 Å². The predicted octanol–water partition coefficient (Wildman–Crippen LogP) is 12.8. The standard InChI is InChI=1S/C50H35N3/c1-50(2)43-23-13-22-41(48(43)42-29-33-16-6-7-17-34(33)30-44(42)50)47-31-46(52-49(53-47)32-14-4-3-5-15-32)40-26-25-37(38-20-8-9-21-39(38)40)35-18-12-19-36(28-35)45-24-10-11-27-51-45/h3-31H,1-2H3. The first-order chi connectivity index (χ1) is 26.0. The fourth-order valence-corrected chi connectivity index (χ4v) is 8.28. The summed E-state index contributed by atoms with van der Waals surface area (Å²) in [6.45, 7) is 4.69.